The van der Waals surface area contributed by atoms with Crippen LogP contribution in [-0.2, 0) is 0 Å². The molecule has 4 aromatic heterocycles. The first kappa shape index (κ1) is 37.7. The molecule has 0 radical (unpaired) electrons. The topological polar surface area (TPSA) is 47.9 Å². The largest absolute Gasteiger partial charge is 0.319 e. The van der Waals surface area contributed by atoms with Crippen LogP contribution in [0.1, 0.15) is 5.56 Å². The van der Waals surface area contributed by atoms with Crippen molar-refractivity contribution in [1.82, 2.24) is 18.3 Å². The summed E-state index contributed by atoms with van der Waals surface area (Å²) in [7, 11) is 0. The average molecular weight is 865 g/mol. The first-order chi connectivity index (χ1) is 33.7. The van der Waals surface area contributed by atoms with Gasteiger partial charge in [0.2, 0.25) is 5.69 Å². The molecule has 68 heavy (non-hydrogen) atoms. The fraction of sp³-hybridized carbons (Fsp3) is 0. The normalized spacial score (nSPS) is 11.8. The second-order valence-electron chi connectivity index (χ2n) is 17.4. The maximum atomic E-state index is 11.4. The molecule has 0 bridgehead atoms. The van der Waals surface area contributed by atoms with Gasteiger partial charge in [0.25, 0.3) is 0 Å². The molecule has 4 heterocycles. The van der Waals surface area contributed by atoms with Gasteiger partial charge in [0, 0.05) is 59.9 Å². The molecule has 14 aromatic rings. The van der Waals surface area contributed by atoms with Crippen LogP contribution in [0, 0.1) is 17.9 Å². The van der Waals surface area contributed by atoms with Crippen molar-refractivity contribution in [3.8, 4) is 39.9 Å². The van der Waals surface area contributed by atoms with E-state index < -0.39 is 0 Å². The van der Waals surface area contributed by atoms with Crippen LogP contribution in [0.15, 0.2) is 218 Å². The van der Waals surface area contributed by atoms with Gasteiger partial charge in [-0.05, 0) is 72.8 Å². The van der Waals surface area contributed by atoms with E-state index in [4.69, 9.17) is 6.57 Å². The van der Waals surface area contributed by atoms with Crippen molar-refractivity contribution in [3.05, 3.63) is 235 Å². The Kier molecular flexibility index (Phi) is 8.01. The second kappa shape index (κ2) is 14.4. The van der Waals surface area contributed by atoms with Crippen molar-refractivity contribution >= 4 is 92.9 Å². The van der Waals surface area contributed by atoms with Gasteiger partial charge >= 0.3 is 0 Å². The van der Waals surface area contributed by atoms with E-state index in [2.05, 4.69) is 248 Å². The van der Waals surface area contributed by atoms with Crippen LogP contribution in [0.4, 0.5) is 5.69 Å². The van der Waals surface area contributed by atoms with E-state index >= 15 is 0 Å². The molecule has 0 N–H and O–H groups in total. The fourth-order valence-corrected chi connectivity index (χ4v) is 11.2. The highest BCUT2D eigenvalue weighted by molar-refractivity contribution is 6.14. The molecule has 6 nitrogen and oxygen atoms in total. The van der Waals surface area contributed by atoms with Gasteiger partial charge in [0.05, 0.1) is 73.3 Å². The van der Waals surface area contributed by atoms with Crippen LogP contribution < -0.4 is 0 Å². The van der Waals surface area contributed by atoms with Gasteiger partial charge in [-0.15, -0.1) is 0 Å². The third kappa shape index (κ3) is 5.20. The lowest BCUT2D eigenvalue weighted by Crippen LogP contribution is -2.06. The Hall–Kier alpha value is -9.62. The quantitative estimate of drug-likeness (QED) is 0.159. The molecule has 0 unspecified atom stereocenters. The monoisotopic (exact) mass is 864 g/mol. The molecule has 0 atom stereocenters. The Labute approximate surface area is 390 Å². The summed E-state index contributed by atoms with van der Waals surface area (Å²) >= 11 is 0. The molecule has 0 saturated heterocycles. The molecule has 6 heteroatoms. The van der Waals surface area contributed by atoms with Gasteiger partial charge in [-0.25, -0.2) is 4.85 Å². The standard InChI is InChI=1S/C62H36N6/c1-64-50-37-61(67-55-30-14-6-22-44(55)45-23-7-15-31-56(45)67)49(36-62(50)68-57-32-16-8-24-46(57)47-25-9-17-33-58(47)68)48-35-59(65-51-26-10-2-18-40(51)41-19-3-11-27-52(41)65)39(38-63)34-60(48)66-53-28-12-4-20-42(53)43-21-5-13-29-54(43)66/h2-37H. The molecule has 14 rings (SSSR count). The number of para-hydroxylation sites is 8. The fourth-order valence-electron chi connectivity index (χ4n) is 11.2. The summed E-state index contributed by atoms with van der Waals surface area (Å²) in [6.07, 6.45) is 0. The summed E-state index contributed by atoms with van der Waals surface area (Å²) < 4.78 is 9.17. The molecule has 0 aliphatic heterocycles. The maximum Gasteiger partial charge on any atom is 0.212 e. The second-order valence-corrected chi connectivity index (χ2v) is 17.4. The average Bonchev–Trinajstić information content (AvgIpc) is 4.13. The zero-order valence-corrected chi connectivity index (χ0v) is 36.5. The van der Waals surface area contributed by atoms with Crippen molar-refractivity contribution < 1.29 is 0 Å². The Morgan fingerprint density at radius 3 is 0.853 bits per heavy atom. The number of rotatable bonds is 5. The molecular weight excluding hydrogens is 829 g/mol. The molecule has 0 amide bonds. The summed E-state index contributed by atoms with van der Waals surface area (Å²) in [5.74, 6) is 0. The van der Waals surface area contributed by atoms with Gasteiger partial charge in [-0.2, -0.15) is 5.26 Å². The molecule has 0 spiro atoms. The SMILES string of the molecule is [C-]#[N+]c1cc(-n2c3ccccc3c3ccccc32)c(-c2cc(-n3c4ccccc4c4ccccc43)c(C#N)cc2-n2c3ccccc3c3ccccc32)cc1-n1c2ccccc2c2ccccc21. The highest BCUT2D eigenvalue weighted by atomic mass is 15.0. The van der Waals surface area contributed by atoms with Crippen LogP contribution >= 0.6 is 0 Å². The third-order valence-electron chi connectivity index (χ3n) is 14.0. The van der Waals surface area contributed by atoms with Gasteiger partial charge < -0.3 is 18.3 Å². The number of hydrogen-bond acceptors (Lipinski definition) is 1. The van der Waals surface area contributed by atoms with Crippen LogP contribution in [0.3, 0.4) is 0 Å². The van der Waals surface area contributed by atoms with E-state index in [1.54, 1.807) is 0 Å². The highest BCUT2D eigenvalue weighted by Crippen LogP contribution is 2.47. The van der Waals surface area contributed by atoms with E-state index in [0.29, 0.717) is 11.3 Å². The molecule has 314 valence electrons. The van der Waals surface area contributed by atoms with Crippen LogP contribution in [0.25, 0.3) is 126 Å². The Morgan fingerprint density at radius 1 is 0.309 bits per heavy atom. The van der Waals surface area contributed by atoms with E-state index in [1.807, 2.05) is 0 Å². The Morgan fingerprint density at radius 2 is 0.559 bits per heavy atom. The van der Waals surface area contributed by atoms with E-state index in [0.717, 1.165) is 121 Å². The minimum atomic E-state index is 0.520. The smallest absolute Gasteiger partial charge is 0.212 e. The molecule has 10 aromatic carbocycles. The third-order valence-corrected chi connectivity index (χ3v) is 14.0. The number of nitriles is 1. The van der Waals surface area contributed by atoms with Gasteiger partial charge in [-0.1, -0.05) is 146 Å². The number of fused-ring (bicyclic) bond motifs is 12. The van der Waals surface area contributed by atoms with E-state index in [1.165, 1.54) is 0 Å². The van der Waals surface area contributed by atoms with Crippen LogP contribution in [0.5, 0.6) is 0 Å². The minimum absolute atomic E-state index is 0.520. The van der Waals surface area contributed by atoms with Crippen LogP contribution in [-0.4, -0.2) is 18.3 Å². The van der Waals surface area contributed by atoms with Gasteiger partial charge in [0.1, 0.15) is 6.07 Å². The zero-order valence-electron chi connectivity index (χ0n) is 36.5. The lowest BCUT2D eigenvalue weighted by Gasteiger charge is -2.23. The molecule has 0 saturated carbocycles. The highest BCUT2D eigenvalue weighted by Gasteiger charge is 2.27. The summed E-state index contributed by atoms with van der Waals surface area (Å²) in [6.45, 7) is 8.96. The summed E-state index contributed by atoms with van der Waals surface area (Å²) in [5.41, 5.74) is 14.3. The van der Waals surface area contributed by atoms with Gasteiger partial charge in [-0.3, -0.25) is 0 Å². The van der Waals surface area contributed by atoms with Gasteiger partial charge in [0.15, 0.2) is 0 Å². The molecule has 0 aliphatic carbocycles. The number of aromatic nitrogens is 4. The molecule has 0 aliphatic rings. The summed E-state index contributed by atoms with van der Waals surface area (Å²) in [4.78, 5) is 4.38. The van der Waals surface area contributed by atoms with Crippen LogP contribution in [0.2, 0.25) is 0 Å². The van der Waals surface area contributed by atoms with Crippen molar-refractivity contribution in [3.63, 3.8) is 0 Å². The number of benzene rings is 10. The minimum Gasteiger partial charge on any atom is -0.319 e. The number of hydrogen-bond donors (Lipinski definition) is 0. The molecular formula is C62H36N6. The predicted octanol–water partition coefficient (Wildman–Crippen LogP) is 16.2. The van der Waals surface area contributed by atoms with Crippen molar-refractivity contribution in [2.75, 3.05) is 0 Å². The zero-order chi connectivity index (χ0) is 45.0. The summed E-state index contributed by atoms with van der Waals surface area (Å²) in [5, 5.41) is 20.4. The van der Waals surface area contributed by atoms with E-state index in [-0.39, 0.29) is 0 Å². The first-order valence-electron chi connectivity index (χ1n) is 22.8. The Bertz CT molecular complexity index is 4030. The van der Waals surface area contributed by atoms with Crippen molar-refractivity contribution in [1.29, 1.82) is 5.26 Å². The predicted molar refractivity (Wildman–Crippen MR) is 280 cm³/mol. The summed E-state index contributed by atoms with van der Waals surface area (Å²) in [6, 6.07) is 79.3. The lowest BCUT2D eigenvalue weighted by atomic mass is 9.96. The van der Waals surface area contributed by atoms with Crippen molar-refractivity contribution in [2.45, 2.75) is 0 Å². The lowest BCUT2D eigenvalue weighted by molar-refractivity contribution is 1.12. The first-order valence-corrected chi connectivity index (χ1v) is 22.8. The maximum absolute atomic E-state index is 11.4. The Balaban J connectivity index is 1.21. The van der Waals surface area contributed by atoms with Crippen molar-refractivity contribution in [2.24, 2.45) is 0 Å². The number of nitrogens with zero attached hydrogens (tertiary/aromatic N) is 6. The van der Waals surface area contributed by atoms with E-state index in [9.17, 15) is 5.26 Å². The molecule has 0 fully saturated rings.